The quantitative estimate of drug-likeness (QED) is 0.687. The third-order valence-corrected chi connectivity index (χ3v) is 5.16. The lowest BCUT2D eigenvalue weighted by Gasteiger charge is -2.30. The zero-order valence-corrected chi connectivity index (χ0v) is 15.5. The average molecular weight is 359 g/mol. The monoisotopic (exact) mass is 359 g/mol. The summed E-state index contributed by atoms with van der Waals surface area (Å²) >= 11 is 5.46. The van der Waals surface area contributed by atoms with Crippen molar-refractivity contribution in [1.82, 2.24) is 15.8 Å². The van der Waals surface area contributed by atoms with Crippen LogP contribution in [-0.4, -0.2) is 17.2 Å². The minimum atomic E-state index is -0.442. The van der Waals surface area contributed by atoms with Crippen LogP contribution >= 0.6 is 12.2 Å². The van der Waals surface area contributed by atoms with Crippen molar-refractivity contribution in [3.05, 3.63) is 96.1 Å². The van der Waals surface area contributed by atoms with E-state index in [-0.39, 0.29) is 0 Å². The van der Waals surface area contributed by atoms with Crippen molar-refractivity contribution >= 4 is 17.3 Å². The maximum absolute atomic E-state index is 5.46. The molecule has 0 radical (unpaired) electrons. The minimum absolute atomic E-state index is 0.442. The number of nitrogens with one attached hydrogen (secondary N) is 2. The molecule has 0 unspecified atom stereocenters. The Morgan fingerprint density at radius 1 is 0.808 bits per heavy atom. The van der Waals surface area contributed by atoms with E-state index in [4.69, 9.17) is 12.2 Å². The number of thiocarbonyl (C=S) groups is 1. The van der Waals surface area contributed by atoms with E-state index in [2.05, 4.69) is 83.5 Å². The molecule has 2 N–H and O–H groups in total. The zero-order chi connectivity index (χ0) is 18.0. The molecule has 1 aliphatic heterocycles. The second-order valence-electron chi connectivity index (χ2n) is 6.61. The lowest BCUT2D eigenvalue weighted by atomic mass is 9.91. The Morgan fingerprint density at radius 2 is 1.38 bits per heavy atom. The molecule has 4 rings (SSSR count). The van der Waals surface area contributed by atoms with Crippen molar-refractivity contribution < 1.29 is 0 Å². The highest BCUT2D eigenvalue weighted by Gasteiger charge is 2.40. The zero-order valence-electron chi connectivity index (χ0n) is 14.6. The highest BCUT2D eigenvalue weighted by atomic mass is 32.1. The predicted octanol–water partition coefficient (Wildman–Crippen LogP) is 4.07. The van der Waals surface area contributed by atoms with Gasteiger partial charge in [-0.05, 0) is 34.5 Å². The summed E-state index contributed by atoms with van der Waals surface area (Å²) in [6, 6.07) is 29.6. The van der Waals surface area contributed by atoms with Gasteiger partial charge in [0, 0.05) is 13.5 Å². The molecular weight excluding hydrogens is 338 g/mol. The number of hydrogen-bond donors (Lipinski definition) is 2. The van der Waals surface area contributed by atoms with E-state index in [1.807, 2.05) is 24.2 Å². The molecule has 3 aromatic carbocycles. The summed E-state index contributed by atoms with van der Waals surface area (Å²) in [5.41, 5.74) is 7.91. The van der Waals surface area contributed by atoms with E-state index >= 15 is 0 Å². The number of hydrazine groups is 1. The maximum Gasteiger partial charge on any atom is 0.185 e. The number of nitrogens with zero attached hydrogens (tertiary/aromatic N) is 1. The predicted molar refractivity (Wildman–Crippen MR) is 110 cm³/mol. The van der Waals surface area contributed by atoms with Crippen LogP contribution in [0.15, 0.2) is 84.9 Å². The van der Waals surface area contributed by atoms with Crippen LogP contribution in [0.3, 0.4) is 0 Å². The topological polar surface area (TPSA) is 27.3 Å². The Bertz CT molecular complexity index is 894. The van der Waals surface area contributed by atoms with Crippen LogP contribution in [0, 0.1) is 0 Å². The van der Waals surface area contributed by atoms with Gasteiger partial charge in [0.25, 0.3) is 0 Å². The van der Waals surface area contributed by atoms with E-state index in [9.17, 15) is 0 Å². The van der Waals surface area contributed by atoms with Gasteiger partial charge in [-0.15, -0.1) is 0 Å². The van der Waals surface area contributed by atoms with Gasteiger partial charge in [0.15, 0.2) is 5.11 Å². The summed E-state index contributed by atoms with van der Waals surface area (Å²) in [6.07, 6.45) is 0.795. The van der Waals surface area contributed by atoms with Gasteiger partial charge in [-0.2, -0.15) is 0 Å². The maximum atomic E-state index is 5.46. The molecule has 1 saturated heterocycles. The Kier molecular flexibility index (Phi) is 4.45. The third kappa shape index (κ3) is 3.21. The molecule has 4 heteroatoms. The summed E-state index contributed by atoms with van der Waals surface area (Å²) in [5, 5.41) is 6.07. The molecule has 3 nitrogen and oxygen atoms in total. The summed E-state index contributed by atoms with van der Waals surface area (Å²) in [4.78, 5) is 0. The molecule has 0 aromatic heterocycles. The van der Waals surface area contributed by atoms with Crippen LogP contribution in [0.4, 0.5) is 0 Å². The molecule has 26 heavy (non-hydrogen) atoms. The van der Waals surface area contributed by atoms with Gasteiger partial charge >= 0.3 is 0 Å². The first-order valence-electron chi connectivity index (χ1n) is 8.70. The van der Waals surface area contributed by atoms with Crippen LogP contribution < -0.4 is 10.7 Å². The standard InChI is InChI=1S/C22H21N3S/c1-25-21(26)23-22(24-25,16-17-8-4-2-5-9-17)20-14-12-19(13-15-20)18-10-6-3-7-11-18/h2-15,24H,16H2,1H3,(H,23,26)/t22-/m1/s1. The number of hydrogen-bond acceptors (Lipinski definition) is 2. The van der Waals surface area contributed by atoms with E-state index in [1.165, 1.54) is 16.7 Å². The van der Waals surface area contributed by atoms with Crippen LogP contribution in [0.1, 0.15) is 11.1 Å². The van der Waals surface area contributed by atoms with E-state index in [0.29, 0.717) is 5.11 Å². The normalized spacial score (nSPS) is 19.4. The van der Waals surface area contributed by atoms with Crippen LogP contribution in [0.2, 0.25) is 0 Å². The van der Waals surface area contributed by atoms with Crippen LogP contribution in [0.5, 0.6) is 0 Å². The van der Waals surface area contributed by atoms with Crippen molar-refractivity contribution in [3.63, 3.8) is 0 Å². The molecule has 0 amide bonds. The second-order valence-corrected chi connectivity index (χ2v) is 7.00. The number of benzene rings is 3. The SMILES string of the molecule is CN1N[C@](Cc2ccccc2)(c2ccc(-c3ccccc3)cc2)NC1=S. The molecule has 0 bridgehead atoms. The van der Waals surface area contributed by atoms with Gasteiger partial charge in [-0.1, -0.05) is 84.9 Å². The second kappa shape index (κ2) is 6.90. The summed E-state index contributed by atoms with van der Waals surface area (Å²) in [6.45, 7) is 0. The Morgan fingerprint density at radius 3 is 1.96 bits per heavy atom. The van der Waals surface area contributed by atoms with Gasteiger partial charge in [0.05, 0.1) is 0 Å². The Balaban J connectivity index is 1.69. The molecule has 1 atom stereocenters. The Hall–Kier alpha value is -2.69. The molecule has 0 saturated carbocycles. The van der Waals surface area contributed by atoms with E-state index in [1.54, 1.807) is 0 Å². The summed E-state index contributed by atoms with van der Waals surface area (Å²) in [7, 11) is 1.94. The molecule has 1 heterocycles. The van der Waals surface area contributed by atoms with Gasteiger partial charge in [0.1, 0.15) is 5.66 Å². The molecule has 3 aromatic rings. The first kappa shape index (κ1) is 16.8. The van der Waals surface area contributed by atoms with Crippen LogP contribution in [0.25, 0.3) is 11.1 Å². The van der Waals surface area contributed by atoms with Gasteiger partial charge < -0.3 is 5.32 Å². The minimum Gasteiger partial charge on any atom is -0.338 e. The molecule has 130 valence electrons. The first-order chi connectivity index (χ1) is 12.7. The van der Waals surface area contributed by atoms with Gasteiger partial charge in [-0.25, -0.2) is 5.43 Å². The highest BCUT2D eigenvalue weighted by Crippen LogP contribution is 2.29. The fraction of sp³-hybridized carbons (Fsp3) is 0.136. The highest BCUT2D eigenvalue weighted by molar-refractivity contribution is 7.80. The lowest BCUT2D eigenvalue weighted by molar-refractivity contribution is 0.242. The van der Waals surface area contributed by atoms with Gasteiger partial charge in [-0.3, -0.25) is 5.01 Å². The first-order valence-corrected chi connectivity index (χ1v) is 9.11. The smallest absolute Gasteiger partial charge is 0.185 e. The largest absolute Gasteiger partial charge is 0.338 e. The van der Waals surface area contributed by atoms with Crippen molar-refractivity contribution in [2.45, 2.75) is 12.1 Å². The molecule has 1 aliphatic rings. The summed E-state index contributed by atoms with van der Waals surface area (Å²) < 4.78 is 0. The van der Waals surface area contributed by atoms with Gasteiger partial charge in [0.2, 0.25) is 0 Å². The number of rotatable bonds is 4. The summed E-state index contributed by atoms with van der Waals surface area (Å²) in [5.74, 6) is 0. The van der Waals surface area contributed by atoms with Crippen LogP contribution in [-0.2, 0) is 12.1 Å². The van der Waals surface area contributed by atoms with E-state index in [0.717, 1.165) is 12.0 Å². The fourth-order valence-electron chi connectivity index (χ4n) is 3.43. The molecule has 1 fully saturated rings. The molecule has 0 aliphatic carbocycles. The molecule has 0 spiro atoms. The average Bonchev–Trinajstić information content (AvgIpc) is 2.98. The van der Waals surface area contributed by atoms with Crippen molar-refractivity contribution in [3.8, 4) is 11.1 Å². The van der Waals surface area contributed by atoms with E-state index < -0.39 is 5.66 Å². The Labute approximate surface area is 159 Å². The van der Waals surface area contributed by atoms with Crippen molar-refractivity contribution in [2.75, 3.05) is 7.05 Å². The van der Waals surface area contributed by atoms with Crippen molar-refractivity contribution in [1.29, 1.82) is 0 Å². The fourth-order valence-corrected chi connectivity index (χ4v) is 3.65. The third-order valence-electron chi connectivity index (χ3n) is 4.78. The lowest BCUT2D eigenvalue weighted by Crippen LogP contribution is -2.49. The molecular formula is C22H21N3S. The van der Waals surface area contributed by atoms with Crippen molar-refractivity contribution in [2.24, 2.45) is 0 Å².